The van der Waals surface area contributed by atoms with Crippen molar-refractivity contribution in [1.82, 2.24) is 5.32 Å². The lowest BCUT2D eigenvalue weighted by molar-refractivity contribution is -0.139. The van der Waals surface area contributed by atoms with Gasteiger partial charge in [-0.1, -0.05) is 24.3 Å². The summed E-state index contributed by atoms with van der Waals surface area (Å²) in [4.78, 5) is 23.2. The van der Waals surface area contributed by atoms with Gasteiger partial charge < -0.3 is 10.1 Å². The minimum absolute atomic E-state index is 0.0513. The van der Waals surface area contributed by atoms with Crippen molar-refractivity contribution in [2.45, 2.75) is 12.8 Å². The average Bonchev–Trinajstić information content (AvgIpc) is 2.81. The fourth-order valence-corrected chi connectivity index (χ4v) is 2.92. The second-order valence-electron chi connectivity index (χ2n) is 5.59. The molecule has 2 aromatic carbocycles. The molecule has 2 aromatic rings. The highest BCUT2D eigenvalue weighted by atomic mass is 19.3. The zero-order valence-corrected chi connectivity index (χ0v) is 13.2. The first-order valence-electron chi connectivity index (χ1n) is 7.34. The molecule has 1 aliphatic rings. The number of carbonyl (C=O) groups excluding carboxylic acids is 2. The number of ether oxygens (including phenoxy) is 1. The Hall–Kier alpha value is -2.76. The molecule has 0 aromatic heterocycles. The lowest BCUT2D eigenvalue weighted by Crippen LogP contribution is -2.30. The molecule has 0 bridgehead atoms. The summed E-state index contributed by atoms with van der Waals surface area (Å²) >= 11 is 0. The number of aryl methyl sites for hydroxylation is 1. The predicted molar refractivity (Wildman–Crippen MR) is 84.0 cm³/mol. The van der Waals surface area contributed by atoms with Crippen LogP contribution >= 0.6 is 0 Å². The van der Waals surface area contributed by atoms with E-state index in [4.69, 9.17) is 0 Å². The molecule has 0 atom stereocenters. The molecule has 6 heteroatoms. The van der Waals surface area contributed by atoms with Crippen molar-refractivity contribution in [3.8, 4) is 11.1 Å². The first-order valence-corrected chi connectivity index (χ1v) is 7.34. The largest absolute Gasteiger partial charge is 0.468 e. The maximum Gasteiger partial charge on any atom is 0.325 e. The quantitative estimate of drug-likeness (QED) is 0.880. The van der Waals surface area contributed by atoms with Crippen molar-refractivity contribution in [3.05, 3.63) is 58.7 Å². The van der Waals surface area contributed by atoms with Gasteiger partial charge in [-0.3, -0.25) is 9.59 Å². The molecule has 4 nitrogen and oxygen atoms in total. The van der Waals surface area contributed by atoms with Gasteiger partial charge in [0.25, 0.3) is 11.8 Å². The van der Waals surface area contributed by atoms with Crippen molar-refractivity contribution in [1.29, 1.82) is 0 Å². The molecule has 124 valence electrons. The fraction of sp³-hybridized carbons (Fsp3) is 0.222. The normalized spacial score (nSPS) is 13.8. The number of fused-ring (bicyclic) bond motifs is 3. The molecule has 1 N–H and O–H groups in total. The van der Waals surface area contributed by atoms with Crippen molar-refractivity contribution in [3.63, 3.8) is 0 Å². The smallest absolute Gasteiger partial charge is 0.325 e. The van der Waals surface area contributed by atoms with Crippen LogP contribution in [0.25, 0.3) is 11.1 Å². The number of hydrogen-bond acceptors (Lipinski definition) is 3. The van der Waals surface area contributed by atoms with Crippen molar-refractivity contribution >= 4 is 11.9 Å². The molecular weight excluding hydrogens is 316 g/mol. The van der Waals surface area contributed by atoms with Crippen LogP contribution in [0, 0.1) is 6.92 Å². The van der Waals surface area contributed by atoms with Gasteiger partial charge in [-0.05, 0) is 35.7 Å². The number of nitrogens with one attached hydrogen (secondary N) is 1. The third-order valence-electron chi connectivity index (χ3n) is 4.12. The third kappa shape index (κ3) is 2.44. The predicted octanol–water partition coefficient (Wildman–Crippen LogP) is 3.02. The summed E-state index contributed by atoms with van der Waals surface area (Å²) in [6.07, 6.45) is 0. The van der Waals surface area contributed by atoms with Gasteiger partial charge in [-0.15, -0.1) is 0 Å². The molecule has 1 aliphatic carbocycles. The second-order valence-corrected chi connectivity index (χ2v) is 5.59. The summed E-state index contributed by atoms with van der Waals surface area (Å²) in [5.74, 6) is -4.19. The molecule has 0 spiro atoms. The van der Waals surface area contributed by atoms with E-state index in [1.807, 2.05) is 0 Å². The van der Waals surface area contributed by atoms with Crippen molar-refractivity contribution in [2.75, 3.05) is 13.7 Å². The number of methoxy groups -OCH3 is 1. The Balaban J connectivity index is 2.01. The maximum atomic E-state index is 14.6. The lowest BCUT2D eigenvalue weighted by atomic mass is 9.99. The Morgan fingerprint density at radius 2 is 1.92 bits per heavy atom. The summed E-state index contributed by atoms with van der Waals surface area (Å²) in [6, 6.07) is 8.79. The first-order chi connectivity index (χ1) is 11.4. The third-order valence-corrected chi connectivity index (χ3v) is 4.12. The summed E-state index contributed by atoms with van der Waals surface area (Å²) in [7, 11) is 1.21. The Bertz CT molecular complexity index is 846. The number of alkyl halides is 2. The number of hydrogen-bond donors (Lipinski definition) is 1. The second kappa shape index (κ2) is 5.70. The zero-order valence-electron chi connectivity index (χ0n) is 13.2. The van der Waals surface area contributed by atoms with Gasteiger partial charge in [0.15, 0.2) is 0 Å². The van der Waals surface area contributed by atoms with Gasteiger partial charge in [0.05, 0.1) is 7.11 Å². The Labute approximate surface area is 137 Å². The van der Waals surface area contributed by atoms with Gasteiger partial charge in [0.1, 0.15) is 6.54 Å². The SMILES string of the molecule is COC(=O)CNC(=O)c1ccc2c(c1)-c1c(C)cccc1C2(F)F. The minimum Gasteiger partial charge on any atom is -0.468 e. The topological polar surface area (TPSA) is 55.4 Å². The number of rotatable bonds is 3. The molecule has 3 rings (SSSR count). The fourth-order valence-electron chi connectivity index (χ4n) is 2.92. The van der Waals surface area contributed by atoms with Crippen LogP contribution in [0.5, 0.6) is 0 Å². The van der Waals surface area contributed by atoms with Crippen molar-refractivity contribution in [2.24, 2.45) is 0 Å². The number of benzene rings is 2. The summed E-state index contributed by atoms with van der Waals surface area (Å²) < 4.78 is 33.6. The molecule has 24 heavy (non-hydrogen) atoms. The number of amides is 1. The standard InChI is InChI=1S/C18H15F2NO3/c1-10-4-3-5-14-16(10)12-8-11(6-7-13(12)18(14,19)20)17(23)21-9-15(22)24-2/h3-8H,9H2,1-2H3,(H,21,23). The molecule has 0 saturated carbocycles. The van der Waals surface area contributed by atoms with Crippen molar-refractivity contribution < 1.29 is 23.1 Å². The molecular formula is C18H15F2NO3. The number of halogens is 2. The number of carbonyl (C=O) groups is 2. The van der Waals surface area contributed by atoms with E-state index >= 15 is 0 Å². The monoisotopic (exact) mass is 331 g/mol. The highest BCUT2D eigenvalue weighted by Gasteiger charge is 2.44. The van der Waals surface area contributed by atoms with Gasteiger partial charge in [-0.2, -0.15) is 8.78 Å². The Morgan fingerprint density at radius 3 is 2.62 bits per heavy atom. The van der Waals surface area contributed by atoms with E-state index in [1.165, 1.54) is 31.4 Å². The Morgan fingerprint density at radius 1 is 1.17 bits per heavy atom. The van der Waals surface area contributed by atoms with Crippen LogP contribution < -0.4 is 5.32 Å². The Kier molecular flexibility index (Phi) is 3.83. The lowest BCUT2D eigenvalue weighted by Gasteiger charge is -2.12. The molecule has 0 heterocycles. The van der Waals surface area contributed by atoms with E-state index in [2.05, 4.69) is 10.1 Å². The van der Waals surface area contributed by atoms with E-state index in [0.29, 0.717) is 11.1 Å². The van der Waals surface area contributed by atoms with Gasteiger partial charge >= 0.3 is 5.97 Å². The molecule has 0 aliphatic heterocycles. The molecule has 0 radical (unpaired) electrons. The minimum atomic E-state index is -3.09. The molecule has 1 amide bonds. The van der Waals surface area contributed by atoms with Crippen LogP contribution in [-0.2, 0) is 15.5 Å². The average molecular weight is 331 g/mol. The van der Waals surface area contributed by atoms with Crippen LogP contribution in [0.4, 0.5) is 8.78 Å². The van der Waals surface area contributed by atoms with Gasteiger partial charge in [0.2, 0.25) is 0 Å². The molecule has 0 saturated heterocycles. The van der Waals surface area contributed by atoms with Crippen LogP contribution in [0.2, 0.25) is 0 Å². The van der Waals surface area contributed by atoms with Gasteiger partial charge in [-0.25, -0.2) is 0 Å². The van der Waals surface area contributed by atoms with Gasteiger partial charge in [0, 0.05) is 16.7 Å². The van der Waals surface area contributed by atoms with Crippen LogP contribution in [0.15, 0.2) is 36.4 Å². The number of esters is 1. The summed E-state index contributed by atoms with van der Waals surface area (Å²) in [6.45, 7) is 1.48. The molecule has 0 unspecified atom stereocenters. The van der Waals surface area contributed by atoms with E-state index in [0.717, 1.165) is 5.56 Å². The first kappa shape index (κ1) is 16.1. The van der Waals surface area contributed by atoms with Crippen LogP contribution in [-0.4, -0.2) is 25.5 Å². The van der Waals surface area contributed by atoms with Crippen LogP contribution in [0.1, 0.15) is 27.0 Å². The summed E-state index contributed by atoms with van der Waals surface area (Å²) in [5.41, 5.74) is 1.57. The van der Waals surface area contributed by atoms with E-state index in [9.17, 15) is 18.4 Å². The van der Waals surface area contributed by atoms with E-state index in [1.54, 1.807) is 19.1 Å². The van der Waals surface area contributed by atoms with Crippen LogP contribution in [0.3, 0.4) is 0 Å². The molecule has 0 fully saturated rings. The maximum absolute atomic E-state index is 14.6. The van der Waals surface area contributed by atoms with E-state index < -0.39 is 17.8 Å². The van der Waals surface area contributed by atoms with E-state index in [-0.39, 0.29) is 23.2 Å². The zero-order chi connectivity index (χ0) is 17.5. The highest BCUT2D eigenvalue weighted by Crippen LogP contribution is 2.52. The summed E-state index contributed by atoms with van der Waals surface area (Å²) in [5, 5.41) is 2.40. The highest BCUT2D eigenvalue weighted by molar-refractivity contribution is 5.98.